The van der Waals surface area contributed by atoms with Gasteiger partial charge >= 0.3 is 0 Å². The Morgan fingerprint density at radius 3 is 2.53 bits per heavy atom. The molecule has 0 aliphatic carbocycles. The Morgan fingerprint density at radius 2 is 1.82 bits per heavy atom. The number of halogens is 3. The van der Waals surface area contributed by atoms with Crippen LogP contribution in [0.25, 0.3) is 5.69 Å². The number of aryl methyl sites for hydroxylation is 1. The maximum atomic E-state index is 14.1. The topological polar surface area (TPSA) is 70.5 Å². The molecule has 1 N–H and O–H groups in total. The van der Waals surface area contributed by atoms with E-state index >= 15 is 0 Å². The number of nitrogens with one attached hydrogen (secondary N) is 1. The number of carbonyl (C=O) groups excluding carboxylic acids is 1. The monoisotopic (exact) mass is 487 g/mol. The van der Waals surface area contributed by atoms with Crippen LogP contribution < -0.4 is 15.8 Å². The van der Waals surface area contributed by atoms with Crippen molar-refractivity contribution in [1.29, 1.82) is 0 Å². The van der Waals surface area contributed by atoms with Crippen LogP contribution in [-0.4, -0.2) is 53.3 Å². The summed E-state index contributed by atoms with van der Waals surface area (Å²) in [6, 6.07) is 10.6. The lowest BCUT2D eigenvalue weighted by Gasteiger charge is -2.35. The third-order valence-corrected chi connectivity index (χ3v) is 6.15. The first-order chi connectivity index (χ1) is 16.4. The van der Waals surface area contributed by atoms with Gasteiger partial charge in [-0.2, -0.15) is 9.78 Å². The average Bonchev–Trinajstić information content (AvgIpc) is 2.82. The van der Waals surface area contributed by atoms with E-state index < -0.39 is 17.2 Å². The SMILES string of the molecule is CCc1ccccc1NC(=O)CN1CCN(c2cnn(-c3ccc(F)cc3F)c(=O)c2Cl)CC1. The fourth-order valence-electron chi connectivity index (χ4n) is 3.96. The molecule has 7 nitrogen and oxygen atoms in total. The average molecular weight is 488 g/mol. The summed E-state index contributed by atoms with van der Waals surface area (Å²) in [6.07, 6.45) is 2.23. The number of anilines is 2. The fourth-order valence-corrected chi connectivity index (χ4v) is 4.21. The summed E-state index contributed by atoms with van der Waals surface area (Å²) >= 11 is 6.32. The molecule has 1 fully saturated rings. The summed E-state index contributed by atoms with van der Waals surface area (Å²) in [5, 5.41) is 6.92. The van der Waals surface area contributed by atoms with Crippen molar-refractivity contribution < 1.29 is 13.6 Å². The van der Waals surface area contributed by atoms with E-state index in [1.165, 1.54) is 6.20 Å². The molecule has 34 heavy (non-hydrogen) atoms. The number of carbonyl (C=O) groups is 1. The summed E-state index contributed by atoms with van der Waals surface area (Å²) in [4.78, 5) is 29.2. The molecule has 3 aromatic rings. The molecule has 0 atom stereocenters. The van der Waals surface area contributed by atoms with Crippen LogP contribution in [0, 0.1) is 11.6 Å². The van der Waals surface area contributed by atoms with E-state index in [4.69, 9.17) is 11.6 Å². The fraction of sp³-hybridized carbons (Fsp3) is 0.292. The van der Waals surface area contributed by atoms with Gasteiger partial charge in [0.25, 0.3) is 5.56 Å². The highest BCUT2D eigenvalue weighted by atomic mass is 35.5. The second-order valence-electron chi connectivity index (χ2n) is 7.98. The molecule has 0 unspecified atom stereocenters. The molecule has 1 saturated heterocycles. The summed E-state index contributed by atoms with van der Waals surface area (Å²) < 4.78 is 28.1. The normalized spacial score (nSPS) is 14.3. The second-order valence-corrected chi connectivity index (χ2v) is 8.36. The second kappa shape index (κ2) is 10.3. The van der Waals surface area contributed by atoms with Gasteiger partial charge in [0.15, 0.2) is 5.82 Å². The predicted molar refractivity (Wildman–Crippen MR) is 128 cm³/mol. The minimum atomic E-state index is -0.910. The van der Waals surface area contributed by atoms with Gasteiger partial charge in [0.05, 0.1) is 18.4 Å². The molecular weight excluding hydrogens is 464 g/mol. The van der Waals surface area contributed by atoms with Crippen LogP contribution in [0.3, 0.4) is 0 Å². The first-order valence-electron chi connectivity index (χ1n) is 11.0. The number of benzene rings is 2. The summed E-state index contributed by atoms with van der Waals surface area (Å²) in [7, 11) is 0. The molecule has 1 aliphatic heterocycles. The van der Waals surface area contributed by atoms with Crippen molar-refractivity contribution in [1.82, 2.24) is 14.7 Å². The number of rotatable bonds is 6. The van der Waals surface area contributed by atoms with Gasteiger partial charge in [-0.25, -0.2) is 8.78 Å². The van der Waals surface area contributed by atoms with Crippen LogP contribution in [0.4, 0.5) is 20.2 Å². The summed E-state index contributed by atoms with van der Waals surface area (Å²) in [5.41, 5.74) is 1.47. The van der Waals surface area contributed by atoms with Gasteiger partial charge in [-0.15, -0.1) is 0 Å². The van der Waals surface area contributed by atoms with E-state index in [9.17, 15) is 18.4 Å². The largest absolute Gasteiger partial charge is 0.366 e. The Balaban J connectivity index is 1.40. The lowest BCUT2D eigenvalue weighted by Crippen LogP contribution is -2.49. The number of nitrogens with zero attached hydrogens (tertiary/aromatic N) is 4. The van der Waals surface area contributed by atoms with Gasteiger partial charge in [0.2, 0.25) is 5.91 Å². The maximum absolute atomic E-state index is 14.1. The summed E-state index contributed by atoms with van der Waals surface area (Å²) in [5.74, 6) is -1.75. The highest BCUT2D eigenvalue weighted by Crippen LogP contribution is 2.24. The van der Waals surface area contributed by atoms with Crippen LogP contribution in [0.2, 0.25) is 5.02 Å². The molecule has 1 amide bonds. The van der Waals surface area contributed by atoms with E-state index in [2.05, 4.69) is 10.4 Å². The van der Waals surface area contributed by atoms with Gasteiger partial charge in [-0.3, -0.25) is 14.5 Å². The van der Waals surface area contributed by atoms with Gasteiger partial charge < -0.3 is 10.2 Å². The molecule has 2 heterocycles. The zero-order valence-electron chi connectivity index (χ0n) is 18.6. The van der Waals surface area contributed by atoms with E-state index in [0.29, 0.717) is 37.9 Å². The van der Waals surface area contributed by atoms with Crippen molar-refractivity contribution in [2.75, 3.05) is 42.9 Å². The van der Waals surface area contributed by atoms with Gasteiger partial charge in [-0.1, -0.05) is 36.7 Å². The highest BCUT2D eigenvalue weighted by molar-refractivity contribution is 6.33. The molecule has 178 valence electrons. The Labute approximate surface area is 200 Å². The van der Waals surface area contributed by atoms with Gasteiger partial charge in [0, 0.05) is 37.9 Å². The zero-order chi connectivity index (χ0) is 24.2. The van der Waals surface area contributed by atoms with Crippen molar-refractivity contribution in [3.8, 4) is 5.69 Å². The van der Waals surface area contributed by atoms with E-state index in [1.54, 1.807) is 0 Å². The number of para-hydroxylation sites is 1. The van der Waals surface area contributed by atoms with Gasteiger partial charge in [-0.05, 0) is 30.2 Å². The summed E-state index contributed by atoms with van der Waals surface area (Å²) in [6.45, 7) is 4.55. The first-order valence-corrected chi connectivity index (χ1v) is 11.3. The number of hydrogen-bond donors (Lipinski definition) is 1. The van der Waals surface area contributed by atoms with Crippen molar-refractivity contribution in [3.05, 3.63) is 81.2 Å². The third kappa shape index (κ3) is 5.10. The molecular formula is C24H24ClF2N5O2. The predicted octanol–water partition coefficient (Wildman–Crippen LogP) is 3.49. The Morgan fingerprint density at radius 1 is 1.09 bits per heavy atom. The van der Waals surface area contributed by atoms with E-state index in [0.717, 1.165) is 34.5 Å². The lowest BCUT2D eigenvalue weighted by atomic mass is 10.1. The van der Waals surface area contributed by atoms with Crippen molar-refractivity contribution >= 4 is 28.9 Å². The minimum Gasteiger partial charge on any atom is -0.366 e. The maximum Gasteiger partial charge on any atom is 0.292 e. The molecule has 0 saturated carbocycles. The number of amides is 1. The molecule has 0 spiro atoms. The van der Waals surface area contributed by atoms with Crippen molar-refractivity contribution in [2.24, 2.45) is 0 Å². The molecule has 2 aromatic carbocycles. The lowest BCUT2D eigenvalue weighted by molar-refractivity contribution is -0.117. The minimum absolute atomic E-state index is 0.0852. The molecule has 0 bridgehead atoms. The van der Waals surface area contributed by atoms with Crippen LogP contribution in [-0.2, 0) is 11.2 Å². The number of hydrogen-bond acceptors (Lipinski definition) is 5. The number of piperazine rings is 1. The Bertz CT molecular complexity index is 1260. The molecule has 10 heteroatoms. The molecule has 4 rings (SSSR count). The number of aromatic nitrogens is 2. The van der Waals surface area contributed by atoms with Crippen molar-refractivity contribution in [2.45, 2.75) is 13.3 Å². The molecule has 1 aliphatic rings. The standard InChI is InChI=1S/C24H24ClF2N5O2/c1-2-16-5-3-4-6-19(16)29-22(33)15-30-9-11-31(12-10-30)21-14-28-32(24(34)23(21)25)20-8-7-17(26)13-18(20)27/h3-8,13-14H,2,9-12,15H2,1H3,(H,29,33). The van der Waals surface area contributed by atoms with E-state index in [-0.39, 0.29) is 23.2 Å². The molecule has 0 radical (unpaired) electrons. The van der Waals surface area contributed by atoms with Crippen LogP contribution >= 0.6 is 11.6 Å². The van der Waals surface area contributed by atoms with Crippen LogP contribution in [0.5, 0.6) is 0 Å². The van der Waals surface area contributed by atoms with E-state index in [1.807, 2.05) is 41.0 Å². The Kier molecular flexibility index (Phi) is 7.23. The third-order valence-electron chi connectivity index (χ3n) is 5.79. The highest BCUT2D eigenvalue weighted by Gasteiger charge is 2.23. The van der Waals surface area contributed by atoms with Crippen LogP contribution in [0.15, 0.2) is 53.5 Å². The van der Waals surface area contributed by atoms with Gasteiger partial charge in [0.1, 0.15) is 16.5 Å². The van der Waals surface area contributed by atoms with Crippen LogP contribution in [0.1, 0.15) is 12.5 Å². The molecule has 1 aromatic heterocycles. The first kappa shape index (κ1) is 23.8. The zero-order valence-corrected chi connectivity index (χ0v) is 19.4. The quantitative estimate of drug-likeness (QED) is 0.576. The Hall–Kier alpha value is -3.30. The van der Waals surface area contributed by atoms with Crippen molar-refractivity contribution in [3.63, 3.8) is 0 Å². The smallest absolute Gasteiger partial charge is 0.292 e.